The van der Waals surface area contributed by atoms with Crippen molar-refractivity contribution in [2.24, 2.45) is 0 Å². The summed E-state index contributed by atoms with van der Waals surface area (Å²) in [6.07, 6.45) is 8.77. The van der Waals surface area contributed by atoms with Gasteiger partial charge in [0.2, 0.25) is 5.95 Å². The van der Waals surface area contributed by atoms with Gasteiger partial charge in [-0.2, -0.15) is 0 Å². The molecule has 92 valence electrons. The molecule has 0 saturated heterocycles. The van der Waals surface area contributed by atoms with Crippen molar-refractivity contribution in [3.63, 3.8) is 0 Å². The molecule has 0 aromatic carbocycles. The lowest BCUT2D eigenvalue weighted by molar-refractivity contribution is -0.138. The van der Waals surface area contributed by atoms with Crippen molar-refractivity contribution in [1.29, 1.82) is 0 Å². The van der Waals surface area contributed by atoms with Gasteiger partial charge >= 0.3 is 5.97 Å². The number of nitrogens with one attached hydrogen (secondary N) is 1. The average Bonchev–Trinajstić information content (AvgIpc) is 2.90. The van der Waals surface area contributed by atoms with Crippen LogP contribution in [0.1, 0.15) is 37.2 Å². The van der Waals surface area contributed by atoms with Gasteiger partial charge < -0.3 is 10.1 Å². The first-order valence-electron chi connectivity index (χ1n) is 5.92. The Labute approximate surface area is 101 Å². The molecule has 5 nitrogen and oxygen atoms in total. The highest BCUT2D eigenvalue weighted by Crippen LogP contribution is 2.33. The van der Waals surface area contributed by atoms with Gasteiger partial charge in [0.05, 0.1) is 7.11 Å². The largest absolute Gasteiger partial charge is 0.468 e. The summed E-state index contributed by atoms with van der Waals surface area (Å²) in [5, 5.41) is 2.82. The highest BCUT2D eigenvalue weighted by atomic mass is 16.5. The second-order valence-electron chi connectivity index (χ2n) is 4.25. The third-order valence-electron chi connectivity index (χ3n) is 3.12. The Bertz CT molecular complexity index is 372. The maximum Gasteiger partial charge on any atom is 0.325 e. The van der Waals surface area contributed by atoms with Gasteiger partial charge in [0.1, 0.15) is 6.54 Å². The minimum absolute atomic E-state index is 0.0965. The summed E-state index contributed by atoms with van der Waals surface area (Å²) < 4.78 is 4.52. The van der Waals surface area contributed by atoms with Crippen LogP contribution >= 0.6 is 0 Å². The molecule has 1 fully saturated rings. The molecule has 0 spiro atoms. The van der Waals surface area contributed by atoms with Crippen LogP contribution in [0.5, 0.6) is 0 Å². The lowest BCUT2D eigenvalue weighted by Gasteiger charge is -2.09. The molecule has 2 rings (SSSR count). The number of hydrogen-bond acceptors (Lipinski definition) is 5. The van der Waals surface area contributed by atoms with E-state index in [-0.39, 0.29) is 12.5 Å². The van der Waals surface area contributed by atoms with Crippen LogP contribution < -0.4 is 5.32 Å². The standard InChI is InChI=1S/C12H17N3O2/c1-17-11(16)8-15-12-13-6-10(7-14-12)9-4-2-3-5-9/h6-7,9H,2-5,8H2,1H3,(H,13,14,15). The molecule has 0 unspecified atom stereocenters. The van der Waals surface area contributed by atoms with Crippen molar-refractivity contribution in [3.05, 3.63) is 18.0 Å². The number of carbonyl (C=O) groups is 1. The number of esters is 1. The van der Waals surface area contributed by atoms with E-state index < -0.39 is 0 Å². The first-order chi connectivity index (χ1) is 8.29. The maximum absolute atomic E-state index is 10.9. The fourth-order valence-corrected chi connectivity index (χ4v) is 2.12. The van der Waals surface area contributed by atoms with E-state index in [1.807, 2.05) is 12.4 Å². The predicted octanol–water partition coefficient (Wildman–Crippen LogP) is 1.72. The van der Waals surface area contributed by atoms with Gasteiger partial charge in [-0.15, -0.1) is 0 Å². The molecule has 1 aliphatic rings. The number of hydrogen-bond donors (Lipinski definition) is 1. The number of nitrogens with zero attached hydrogens (tertiary/aromatic N) is 2. The number of carbonyl (C=O) groups excluding carboxylic acids is 1. The van der Waals surface area contributed by atoms with Crippen LogP contribution in [0.25, 0.3) is 0 Å². The normalized spacial score (nSPS) is 15.8. The summed E-state index contributed by atoms with van der Waals surface area (Å²) >= 11 is 0. The molecule has 5 heteroatoms. The quantitative estimate of drug-likeness (QED) is 0.805. The van der Waals surface area contributed by atoms with Gasteiger partial charge in [0.15, 0.2) is 0 Å². The highest BCUT2D eigenvalue weighted by molar-refractivity contribution is 5.73. The molecule has 1 saturated carbocycles. The van der Waals surface area contributed by atoms with Gasteiger partial charge in [0, 0.05) is 12.4 Å². The third kappa shape index (κ3) is 3.15. The van der Waals surface area contributed by atoms with Crippen LogP contribution in [0, 0.1) is 0 Å². The number of aromatic nitrogens is 2. The fourth-order valence-electron chi connectivity index (χ4n) is 2.12. The molecule has 0 aliphatic heterocycles. The van der Waals surface area contributed by atoms with E-state index in [1.54, 1.807) is 0 Å². The molecule has 1 aliphatic carbocycles. The van der Waals surface area contributed by atoms with Crippen molar-refractivity contribution in [2.45, 2.75) is 31.6 Å². The van der Waals surface area contributed by atoms with Gasteiger partial charge in [-0.25, -0.2) is 9.97 Å². The van der Waals surface area contributed by atoms with E-state index in [4.69, 9.17) is 0 Å². The Balaban J connectivity index is 1.90. The van der Waals surface area contributed by atoms with Crippen molar-refractivity contribution in [3.8, 4) is 0 Å². The monoisotopic (exact) mass is 235 g/mol. The minimum atomic E-state index is -0.325. The van der Waals surface area contributed by atoms with Crippen molar-refractivity contribution >= 4 is 11.9 Å². The maximum atomic E-state index is 10.9. The van der Waals surface area contributed by atoms with Crippen molar-refractivity contribution in [2.75, 3.05) is 19.0 Å². The van der Waals surface area contributed by atoms with Crippen LogP contribution in [0.3, 0.4) is 0 Å². The van der Waals surface area contributed by atoms with E-state index in [1.165, 1.54) is 38.4 Å². The fraction of sp³-hybridized carbons (Fsp3) is 0.583. The molecule has 0 radical (unpaired) electrons. The second kappa shape index (κ2) is 5.61. The molecule has 0 bridgehead atoms. The lowest BCUT2D eigenvalue weighted by atomic mass is 10.0. The Morgan fingerprint density at radius 2 is 2.06 bits per heavy atom. The molecule has 1 aromatic heterocycles. The number of anilines is 1. The second-order valence-corrected chi connectivity index (χ2v) is 4.25. The summed E-state index contributed by atoms with van der Waals surface area (Å²) in [6.45, 7) is 0.0965. The zero-order valence-electron chi connectivity index (χ0n) is 9.98. The smallest absolute Gasteiger partial charge is 0.325 e. The SMILES string of the molecule is COC(=O)CNc1ncc(C2CCCC2)cn1. The van der Waals surface area contributed by atoms with Crippen LogP contribution in [0.2, 0.25) is 0 Å². The molecular weight excluding hydrogens is 218 g/mol. The van der Waals surface area contributed by atoms with Crippen LogP contribution in [-0.2, 0) is 9.53 Å². The Hall–Kier alpha value is -1.65. The first-order valence-corrected chi connectivity index (χ1v) is 5.92. The number of methoxy groups -OCH3 is 1. The zero-order valence-corrected chi connectivity index (χ0v) is 9.98. The van der Waals surface area contributed by atoms with E-state index in [2.05, 4.69) is 20.0 Å². The van der Waals surface area contributed by atoms with Gasteiger partial charge in [-0.1, -0.05) is 12.8 Å². The van der Waals surface area contributed by atoms with Gasteiger partial charge in [-0.05, 0) is 24.3 Å². The molecule has 0 atom stereocenters. The molecule has 1 aromatic rings. The summed E-state index contributed by atoms with van der Waals surface area (Å²) in [7, 11) is 1.36. The number of ether oxygens (including phenoxy) is 1. The summed E-state index contributed by atoms with van der Waals surface area (Å²) in [5.41, 5.74) is 1.20. The Kier molecular flexibility index (Phi) is 3.90. The molecule has 0 amide bonds. The topological polar surface area (TPSA) is 64.1 Å². The molecule has 1 N–H and O–H groups in total. The molecule has 17 heavy (non-hydrogen) atoms. The first kappa shape index (κ1) is 11.8. The van der Waals surface area contributed by atoms with Gasteiger partial charge in [-0.3, -0.25) is 4.79 Å². The van der Waals surface area contributed by atoms with Crippen LogP contribution in [-0.4, -0.2) is 29.6 Å². The van der Waals surface area contributed by atoms with Crippen LogP contribution in [0.15, 0.2) is 12.4 Å². The summed E-state index contributed by atoms with van der Waals surface area (Å²) in [4.78, 5) is 19.3. The zero-order chi connectivity index (χ0) is 12.1. The van der Waals surface area contributed by atoms with Crippen molar-refractivity contribution in [1.82, 2.24) is 9.97 Å². The summed E-state index contributed by atoms with van der Waals surface area (Å²) in [6, 6.07) is 0. The average molecular weight is 235 g/mol. The van der Waals surface area contributed by atoms with E-state index in [0.717, 1.165) is 0 Å². The lowest BCUT2D eigenvalue weighted by Crippen LogP contribution is -2.16. The van der Waals surface area contributed by atoms with Crippen LogP contribution in [0.4, 0.5) is 5.95 Å². The van der Waals surface area contributed by atoms with E-state index in [0.29, 0.717) is 11.9 Å². The predicted molar refractivity (Wildman–Crippen MR) is 63.7 cm³/mol. The van der Waals surface area contributed by atoms with Crippen molar-refractivity contribution < 1.29 is 9.53 Å². The summed E-state index contributed by atoms with van der Waals surface area (Å²) in [5.74, 6) is 0.760. The van der Waals surface area contributed by atoms with E-state index in [9.17, 15) is 4.79 Å². The Morgan fingerprint density at radius 1 is 1.41 bits per heavy atom. The third-order valence-corrected chi connectivity index (χ3v) is 3.12. The van der Waals surface area contributed by atoms with E-state index >= 15 is 0 Å². The molecular formula is C12H17N3O2. The molecule has 1 heterocycles. The highest BCUT2D eigenvalue weighted by Gasteiger charge is 2.17. The van der Waals surface area contributed by atoms with Gasteiger partial charge in [0.25, 0.3) is 0 Å². The Morgan fingerprint density at radius 3 is 2.65 bits per heavy atom. The number of rotatable bonds is 4. The minimum Gasteiger partial charge on any atom is -0.468 e.